The van der Waals surface area contributed by atoms with E-state index in [2.05, 4.69) is 103 Å². The van der Waals surface area contributed by atoms with Gasteiger partial charge in [0.2, 0.25) is 0 Å². The molecule has 6 nitrogen and oxygen atoms in total. The van der Waals surface area contributed by atoms with Crippen molar-refractivity contribution in [1.29, 1.82) is 0 Å². The number of aromatic amines is 2. The zero-order valence-corrected chi connectivity index (χ0v) is 27.0. The minimum atomic E-state index is 0. The van der Waals surface area contributed by atoms with Crippen LogP contribution in [0.2, 0.25) is 0 Å². The van der Waals surface area contributed by atoms with E-state index in [1.54, 1.807) is 12.4 Å². The summed E-state index contributed by atoms with van der Waals surface area (Å²) >= 11 is 0. The molecule has 8 bridgehead atoms. The third kappa shape index (κ3) is 7.74. The van der Waals surface area contributed by atoms with Crippen molar-refractivity contribution >= 4 is 68.4 Å². The summed E-state index contributed by atoms with van der Waals surface area (Å²) in [5.41, 5.74) is 15.5. The van der Waals surface area contributed by atoms with Crippen LogP contribution in [0.3, 0.4) is 0 Å². The Hall–Kier alpha value is -5.66. The first kappa shape index (κ1) is 33.2. The van der Waals surface area contributed by atoms with E-state index in [-0.39, 0.29) is 28.0 Å². The molecule has 0 atom stereocenters. The zero-order valence-electron chi connectivity index (χ0n) is 25.9. The SMILES string of the molecule is C1=Cc2cc3ccc(cc4nc(cc5ccc(cc1n2)[nH]5)C=C4)[nH]3.[Fe].[SiH4].c1ccc2c(c1)Cc1ccccc1-2.c1ccc2nccnc2c1. The van der Waals surface area contributed by atoms with Crippen molar-refractivity contribution in [2.45, 2.75) is 6.42 Å². The fourth-order valence-electron chi connectivity index (χ4n) is 5.93. The van der Waals surface area contributed by atoms with Gasteiger partial charge in [0.25, 0.3) is 0 Å². The average molecular weight is 695 g/mol. The smallest absolute Gasteiger partial charge is 0.0886 e. The van der Waals surface area contributed by atoms with Gasteiger partial charge in [-0.25, -0.2) is 9.97 Å². The van der Waals surface area contributed by atoms with Crippen LogP contribution >= 0.6 is 0 Å². The number of para-hydroxylation sites is 2. The Bertz CT molecular complexity index is 2200. The molecule has 0 unspecified atom stereocenters. The number of aromatic nitrogens is 6. The summed E-state index contributed by atoms with van der Waals surface area (Å²) in [7, 11) is 0. The van der Waals surface area contributed by atoms with Crippen LogP contribution in [0.4, 0.5) is 0 Å². The van der Waals surface area contributed by atoms with Gasteiger partial charge in [-0.3, -0.25) is 9.97 Å². The summed E-state index contributed by atoms with van der Waals surface area (Å²) in [5.74, 6) is 0. The molecular weight excluding hydrogens is 660 g/mol. The number of hydrogen-bond acceptors (Lipinski definition) is 4. The number of nitrogens with zero attached hydrogens (tertiary/aromatic N) is 4. The van der Waals surface area contributed by atoms with Crippen molar-refractivity contribution in [3.63, 3.8) is 0 Å². The van der Waals surface area contributed by atoms with E-state index in [1.807, 2.05) is 72.8 Å². The number of rotatable bonds is 0. The van der Waals surface area contributed by atoms with Gasteiger partial charge in [-0.1, -0.05) is 60.7 Å². The Morgan fingerprint density at radius 2 is 0.776 bits per heavy atom. The van der Waals surface area contributed by atoms with Crippen molar-refractivity contribution < 1.29 is 17.1 Å². The molecule has 3 aromatic carbocycles. The summed E-state index contributed by atoms with van der Waals surface area (Å²) < 4.78 is 0. The van der Waals surface area contributed by atoms with Crippen molar-refractivity contribution in [1.82, 2.24) is 29.9 Å². The van der Waals surface area contributed by atoms with E-state index in [1.165, 1.54) is 22.3 Å². The number of nitrogens with one attached hydrogen (secondary N) is 2. The number of H-pyrrole nitrogens is 2. The minimum absolute atomic E-state index is 0. The third-order valence-corrected chi connectivity index (χ3v) is 8.12. The first-order chi connectivity index (χ1) is 23.2. The first-order valence-electron chi connectivity index (χ1n) is 15.6. The van der Waals surface area contributed by atoms with Crippen LogP contribution in [0.25, 0.3) is 68.5 Å². The van der Waals surface area contributed by atoms with Gasteiger partial charge in [0.15, 0.2) is 0 Å². The maximum Gasteiger partial charge on any atom is 0.0886 e. The van der Waals surface area contributed by atoms with Crippen LogP contribution in [-0.4, -0.2) is 40.9 Å². The molecule has 49 heavy (non-hydrogen) atoms. The largest absolute Gasteiger partial charge is 0.355 e. The van der Waals surface area contributed by atoms with E-state index in [0.717, 1.165) is 62.3 Å². The van der Waals surface area contributed by atoms with E-state index in [0.29, 0.717) is 0 Å². The van der Waals surface area contributed by atoms with Crippen molar-refractivity contribution in [2.75, 3.05) is 0 Å². The zero-order chi connectivity index (χ0) is 31.4. The molecule has 8 heteroatoms. The Kier molecular flexibility index (Phi) is 10.2. The second-order valence-electron chi connectivity index (χ2n) is 11.4. The van der Waals surface area contributed by atoms with E-state index >= 15 is 0 Å². The number of hydrogen-bond donors (Lipinski definition) is 2. The van der Waals surface area contributed by atoms with E-state index in [4.69, 9.17) is 0 Å². The van der Waals surface area contributed by atoms with Crippen LogP contribution in [0, 0.1) is 0 Å². The second-order valence-corrected chi connectivity index (χ2v) is 11.4. The molecule has 0 radical (unpaired) electrons. The van der Waals surface area contributed by atoms with Crippen LogP contribution in [-0.2, 0) is 23.5 Å². The molecule has 0 spiro atoms. The quantitative estimate of drug-likeness (QED) is 0.157. The first-order valence-corrected chi connectivity index (χ1v) is 15.6. The summed E-state index contributed by atoms with van der Waals surface area (Å²) in [6.07, 6.45) is 12.6. The Balaban J connectivity index is 0.000000140. The molecule has 0 saturated heterocycles. The van der Waals surface area contributed by atoms with E-state index in [9.17, 15) is 0 Å². The molecule has 0 saturated carbocycles. The predicted octanol–water partition coefficient (Wildman–Crippen LogP) is 8.09. The Morgan fingerprint density at radius 1 is 0.429 bits per heavy atom. The normalized spacial score (nSPS) is 11.5. The molecule has 0 fully saturated rings. The van der Waals surface area contributed by atoms with Gasteiger partial charge in [0.1, 0.15) is 0 Å². The molecule has 6 heterocycles. The molecule has 4 aromatic heterocycles. The molecule has 7 aromatic rings. The van der Waals surface area contributed by atoms with Crippen molar-refractivity contribution in [3.05, 3.63) is 168 Å². The fraction of sp³-hybridized carbons (Fsp3) is 0.0244. The Morgan fingerprint density at radius 3 is 1.16 bits per heavy atom. The fourth-order valence-corrected chi connectivity index (χ4v) is 5.93. The van der Waals surface area contributed by atoms with Crippen LogP contribution in [0.1, 0.15) is 33.9 Å². The second kappa shape index (κ2) is 15.0. The standard InChI is InChI=1S/C20H14N4.C13H10.C8H6N2.Fe.H4Si/c1-2-14-10-16-5-6-18(23-16)12-20-8-7-19(24-20)11-17-4-3-15(22-17)9-13(1)21-14;1-3-7-12-10(5-1)9-11-6-2-4-8-13(11)12;1-2-4-8-7(3-1)9-5-6-10-8;;/h1-12,21,24H;1-8H,9H2;1-6H;;1H4. The topological polar surface area (TPSA) is 83.1 Å². The summed E-state index contributed by atoms with van der Waals surface area (Å²) in [6, 6.07) is 41.5. The van der Waals surface area contributed by atoms with Gasteiger partial charge in [0.05, 0.1) is 33.8 Å². The Labute approximate surface area is 299 Å². The summed E-state index contributed by atoms with van der Waals surface area (Å²) in [6.45, 7) is 0. The molecule has 0 amide bonds. The maximum absolute atomic E-state index is 4.63. The van der Waals surface area contributed by atoms with Crippen LogP contribution in [0.15, 0.2) is 134 Å². The van der Waals surface area contributed by atoms with Gasteiger partial charge < -0.3 is 9.97 Å². The molecular formula is C41H34FeN6Si. The third-order valence-electron chi connectivity index (χ3n) is 8.12. The van der Waals surface area contributed by atoms with E-state index < -0.39 is 0 Å². The van der Waals surface area contributed by atoms with Crippen LogP contribution < -0.4 is 0 Å². The number of benzene rings is 3. The number of fused-ring (bicyclic) bond motifs is 12. The maximum atomic E-state index is 4.63. The average Bonchev–Trinajstić information content (AvgIpc) is 3.95. The van der Waals surface area contributed by atoms with Crippen molar-refractivity contribution in [2.24, 2.45) is 0 Å². The molecule has 2 N–H and O–H groups in total. The minimum Gasteiger partial charge on any atom is -0.355 e. The van der Waals surface area contributed by atoms with Gasteiger partial charge in [-0.15, -0.1) is 0 Å². The molecule has 3 aliphatic rings. The van der Waals surface area contributed by atoms with Gasteiger partial charge in [0, 0.05) is 51.5 Å². The predicted molar refractivity (Wildman–Crippen MR) is 204 cm³/mol. The molecule has 2 aliphatic heterocycles. The molecule has 1 aliphatic carbocycles. The van der Waals surface area contributed by atoms with Crippen LogP contribution in [0.5, 0.6) is 0 Å². The monoisotopic (exact) mass is 694 g/mol. The van der Waals surface area contributed by atoms with Gasteiger partial charge in [-0.05, 0) is 125 Å². The summed E-state index contributed by atoms with van der Waals surface area (Å²) in [5, 5.41) is 0. The van der Waals surface area contributed by atoms with Gasteiger partial charge in [-0.2, -0.15) is 0 Å². The summed E-state index contributed by atoms with van der Waals surface area (Å²) in [4.78, 5) is 24.3. The van der Waals surface area contributed by atoms with Gasteiger partial charge >= 0.3 is 0 Å². The van der Waals surface area contributed by atoms with Crippen molar-refractivity contribution in [3.8, 4) is 11.1 Å². The molecule has 10 rings (SSSR count). The molecule has 240 valence electrons.